The van der Waals surface area contributed by atoms with Gasteiger partial charge in [-0.15, -0.1) is 16.4 Å². The Balaban J connectivity index is 1.75. The van der Waals surface area contributed by atoms with Crippen LogP contribution in [0.2, 0.25) is 0 Å². The minimum absolute atomic E-state index is 0.458. The van der Waals surface area contributed by atoms with Gasteiger partial charge in [-0.25, -0.2) is 14.5 Å². The summed E-state index contributed by atoms with van der Waals surface area (Å²) >= 11 is 1.51. The second-order valence-electron chi connectivity index (χ2n) is 4.65. The van der Waals surface area contributed by atoms with Crippen molar-refractivity contribution in [3.05, 3.63) is 48.1 Å². The van der Waals surface area contributed by atoms with E-state index in [1.54, 1.807) is 30.1 Å². The predicted octanol–water partition coefficient (Wildman–Crippen LogP) is 3.00. The van der Waals surface area contributed by atoms with Crippen LogP contribution < -0.4 is 10.1 Å². The van der Waals surface area contributed by atoms with Crippen molar-refractivity contribution in [2.24, 2.45) is 0 Å². The number of nitrogens with zero attached hydrogens (tertiary/aromatic N) is 5. The van der Waals surface area contributed by atoms with Gasteiger partial charge in [0.1, 0.15) is 5.75 Å². The van der Waals surface area contributed by atoms with Crippen LogP contribution in [0.15, 0.2) is 48.1 Å². The smallest absolute Gasteiger partial charge is 0.250 e. The zero-order valence-electron chi connectivity index (χ0n) is 12.2. The van der Waals surface area contributed by atoms with Gasteiger partial charge in [0.15, 0.2) is 0 Å². The maximum absolute atomic E-state index is 5.43. The third kappa shape index (κ3) is 2.49. The lowest BCUT2D eigenvalue weighted by molar-refractivity contribution is 0.416. The highest BCUT2D eigenvalue weighted by Crippen LogP contribution is 2.32. The molecular formula is C15H12N6OS. The molecule has 0 bridgehead atoms. The van der Waals surface area contributed by atoms with Crippen molar-refractivity contribution >= 4 is 28.2 Å². The highest BCUT2D eigenvalue weighted by atomic mass is 32.1. The molecule has 0 fully saturated rings. The molecule has 7 nitrogen and oxygen atoms in total. The van der Waals surface area contributed by atoms with Gasteiger partial charge >= 0.3 is 0 Å². The number of methoxy groups -OCH3 is 1. The van der Waals surface area contributed by atoms with E-state index in [0.717, 1.165) is 22.0 Å². The molecule has 0 radical (unpaired) electrons. The third-order valence-corrected chi connectivity index (χ3v) is 4.07. The topological polar surface area (TPSA) is 77.2 Å². The quantitative estimate of drug-likeness (QED) is 0.622. The molecule has 0 atom stereocenters. The van der Waals surface area contributed by atoms with Crippen molar-refractivity contribution in [2.75, 3.05) is 12.4 Å². The monoisotopic (exact) mass is 324 g/mol. The van der Waals surface area contributed by atoms with Crippen molar-refractivity contribution in [3.63, 3.8) is 0 Å². The standard InChI is InChI=1S/C15H12N6OS/c1-22-12-6-3-2-5-10(12)11-9-23-15-19-14(20-21(11)15)18-13-16-7-4-8-17-13/h2-9H,1H3,(H,16,17,18,20). The third-order valence-electron chi connectivity index (χ3n) is 3.25. The molecule has 0 saturated carbocycles. The number of ether oxygens (including phenoxy) is 1. The Morgan fingerprint density at radius 1 is 1.09 bits per heavy atom. The molecule has 0 spiro atoms. The summed E-state index contributed by atoms with van der Waals surface area (Å²) in [6.07, 6.45) is 3.32. The second kappa shape index (κ2) is 5.65. The van der Waals surface area contributed by atoms with Crippen LogP contribution in [-0.2, 0) is 0 Å². The van der Waals surface area contributed by atoms with Crippen molar-refractivity contribution in [3.8, 4) is 17.0 Å². The van der Waals surface area contributed by atoms with Crippen LogP contribution >= 0.6 is 11.3 Å². The maximum Gasteiger partial charge on any atom is 0.250 e. The lowest BCUT2D eigenvalue weighted by atomic mass is 10.1. The fraction of sp³-hybridized carbons (Fsp3) is 0.0667. The Kier molecular flexibility index (Phi) is 3.35. The van der Waals surface area contributed by atoms with Crippen molar-refractivity contribution in [1.29, 1.82) is 0 Å². The molecular weight excluding hydrogens is 312 g/mol. The molecule has 0 unspecified atom stereocenters. The van der Waals surface area contributed by atoms with E-state index in [1.165, 1.54) is 11.3 Å². The summed E-state index contributed by atoms with van der Waals surface area (Å²) in [6, 6.07) is 9.58. The summed E-state index contributed by atoms with van der Waals surface area (Å²) in [5, 5.41) is 9.50. The molecule has 0 saturated heterocycles. The van der Waals surface area contributed by atoms with E-state index >= 15 is 0 Å². The van der Waals surface area contributed by atoms with Gasteiger partial charge in [0.2, 0.25) is 10.9 Å². The Labute approximate surface area is 135 Å². The summed E-state index contributed by atoms with van der Waals surface area (Å²) in [4.78, 5) is 13.4. The average Bonchev–Trinajstić information content (AvgIpc) is 3.16. The van der Waals surface area contributed by atoms with E-state index in [-0.39, 0.29) is 0 Å². The van der Waals surface area contributed by atoms with Gasteiger partial charge in [-0.3, -0.25) is 5.32 Å². The molecule has 1 N–H and O–H groups in total. The molecule has 0 aliphatic carbocycles. The van der Waals surface area contributed by atoms with Crippen LogP contribution in [0.1, 0.15) is 0 Å². The van der Waals surface area contributed by atoms with Gasteiger partial charge in [0, 0.05) is 23.3 Å². The number of aromatic nitrogens is 5. The highest BCUT2D eigenvalue weighted by Gasteiger charge is 2.14. The van der Waals surface area contributed by atoms with Crippen molar-refractivity contribution in [1.82, 2.24) is 24.6 Å². The zero-order chi connectivity index (χ0) is 15.6. The Hall–Kier alpha value is -3.00. The number of hydrogen-bond acceptors (Lipinski definition) is 7. The Bertz CT molecular complexity index is 949. The fourth-order valence-electron chi connectivity index (χ4n) is 2.24. The molecule has 0 aliphatic rings. The molecule has 0 amide bonds. The van der Waals surface area contributed by atoms with Crippen LogP contribution in [0.4, 0.5) is 11.9 Å². The summed E-state index contributed by atoms with van der Waals surface area (Å²) in [5.74, 6) is 1.72. The van der Waals surface area contributed by atoms with E-state index in [1.807, 2.05) is 29.6 Å². The number of thiazole rings is 1. The molecule has 1 aromatic carbocycles. The molecule has 0 aliphatic heterocycles. The van der Waals surface area contributed by atoms with Gasteiger partial charge in [-0.1, -0.05) is 12.1 Å². The number of fused-ring (bicyclic) bond motifs is 1. The van der Waals surface area contributed by atoms with Crippen molar-refractivity contribution in [2.45, 2.75) is 0 Å². The first-order valence-electron chi connectivity index (χ1n) is 6.87. The van der Waals surface area contributed by atoms with E-state index in [9.17, 15) is 0 Å². The number of nitrogens with one attached hydrogen (secondary N) is 1. The normalized spacial score (nSPS) is 10.8. The van der Waals surface area contributed by atoms with Crippen molar-refractivity contribution < 1.29 is 4.74 Å². The molecule has 3 aromatic heterocycles. The number of rotatable bonds is 4. The summed E-state index contributed by atoms with van der Waals surface area (Å²) < 4.78 is 7.21. The number of benzene rings is 1. The predicted molar refractivity (Wildman–Crippen MR) is 88.2 cm³/mol. The van der Waals surface area contributed by atoms with Gasteiger partial charge in [0.05, 0.1) is 12.8 Å². The zero-order valence-corrected chi connectivity index (χ0v) is 13.0. The molecule has 8 heteroatoms. The number of anilines is 2. The molecule has 3 heterocycles. The molecule has 4 rings (SSSR count). The maximum atomic E-state index is 5.43. The first-order chi connectivity index (χ1) is 11.3. The van der Waals surface area contributed by atoms with E-state index in [2.05, 4.69) is 25.4 Å². The minimum atomic E-state index is 0.458. The molecule has 4 aromatic rings. The highest BCUT2D eigenvalue weighted by molar-refractivity contribution is 7.15. The van der Waals surface area contributed by atoms with Gasteiger partial charge in [-0.2, -0.15) is 4.98 Å². The average molecular weight is 324 g/mol. The SMILES string of the molecule is COc1ccccc1-c1csc2nc(Nc3ncccn3)nn12. The largest absolute Gasteiger partial charge is 0.496 e. The Morgan fingerprint density at radius 2 is 1.91 bits per heavy atom. The first-order valence-corrected chi connectivity index (χ1v) is 7.75. The first kappa shape index (κ1) is 13.6. The van der Waals surface area contributed by atoms with Crippen LogP contribution in [0, 0.1) is 0 Å². The van der Waals surface area contributed by atoms with Gasteiger partial charge in [-0.05, 0) is 18.2 Å². The van der Waals surface area contributed by atoms with E-state index in [0.29, 0.717) is 11.9 Å². The fourth-order valence-corrected chi connectivity index (χ4v) is 3.06. The van der Waals surface area contributed by atoms with Crippen LogP contribution in [0.5, 0.6) is 5.75 Å². The lowest BCUT2D eigenvalue weighted by Gasteiger charge is -2.06. The second-order valence-corrected chi connectivity index (χ2v) is 5.48. The van der Waals surface area contributed by atoms with E-state index < -0.39 is 0 Å². The number of hydrogen-bond donors (Lipinski definition) is 1. The summed E-state index contributed by atoms with van der Waals surface area (Å²) in [5.41, 5.74) is 1.89. The summed E-state index contributed by atoms with van der Waals surface area (Å²) in [7, 11) is 1.66. The van der Waals surface area contributed by atoms with Crippen LogP contribution in [0.25, 0.3) is 16.2 Å². The van der Waals surface area contributed by atoms with Crippen LogP contribution in [0.3, 0.4) is 0 Å². The van der Waals surface area contributed by atoms with Crippen LogP contribution in [-0.4, -0.2) is 31.7 Å². The van der Waals surface area contributed by atoms with Gasteiger partial charge < -0.3 is 4.74 Å². The molecule has 23 heavy (non-hydrogen) atoms. The van der Waals surface area contributed by atoms with Gasteiger partial charge in [0.25, 0.3) is 5.95 Å². The number of para-hydroxylation sites is 1. The summed E-state index contributed by atoms with van der Waals surface area (Å²) in [6.45, 7) is 0. The Morgan fingerprint density at radius 3 is 2.74 bits per heavy atom. The van der Waals surface area contributed by atoms with E-state index in [4.69, 9.17) is 4.74 Å². The minimum Gasteiger partial charge on any atom is -0.496 e. The lowest BCUT2D eigenvalue weighted by Crippen LogP contribution is -1.98. The molecule has 114 valence electrons.